The lowest BCUT2D eigenvalue weighted by molar-refractivity contribution is 0.208. The Morgan fingerprint density at radius 1 is 1.04 bits per heavy atom. The first-order valence-corrected chi connectivity index (χ1v) is 8.68. The molecule has 0 bridgehead atoms. The highest BCUT2D eigenvalue weighted by Crippen LogP contribution is 2.18. The van der Waals surface area contributed by atoms with Crippen LogP contribution in [0.1, 0.15) is 0 Å². The Balaban J connectivity index is 1.38. The van der Waals surface area contributed by atoms with Crippen LogP contribution in [0, 0.1) is 11.6 Å². The van der Waals surface area contributed by atoms with Crippen LogP contribution >= 0.6 is 0 Å². The second-order valence-electron chi connectivity index (χ2n) is 6.21. The Morgan fingerprint density at radius 3 is 2.54 bits per heavy atom. The highest BCUT2D eigenvalue weighted by Gasteiger charge is 2.23. The van der Waals surface area contributed by atoms with Crippen molar-refractivity contribution < 1.29 is 13.6 Å². The number of carbonyl (C=O) groups excluding carboxylic acids is 1. The standard InChI is InChI=1S/C18H17F2N7O/c19-13-2-3-15(14(20)10-13)24-18(28)26-8-6-25(7-9-26)16-11-17(22-12-21-16)27-5-1-4-23-27/h1-5,10-12H,6-9H2,(H,24,28). The van der Waals surface area contributed by atoms with Crippen molar-refractivity contribution in [2.75, 3.05) is 36.4 Å². The molecule has 1 fully saturated rings. The van der Waals surface area contributed by atoms with Crippen molar-refractivity contribution in [2.45, 2.75) is 0 Å². The monoisotopic (exact) mass is 385 g/mol. The molecular weight excluding hydrogens is 368 g/mol. The fraction of sp³-hybridized carbons (Fsp3) is 0.222. The molecule has 1 aliphatic heterocycles. The molecule has 0 aliphatic carbocycles. The lowest BCUT2D eigenvalue weighted by Gasteiger charge is -2.35. The molecule has 0 atom stereocenters. The van der Waals surface area contributed by atoms with E-state index in [1.165, 1.54) is 12.4 Å². The molecule has 0 saturated carbocycles. The number of urea groups is 1. The topological polar surface area (TPSA) is 79.2 Å². The number of carbonyl (C=O) groups is 1. The molecule has 28 heavy (non-hydrogen) atoms. The highest BCUT2D eigenvalue weighted by atomic mass is 19.1. The molecule has 3 heterocycles. The van der Waals surface area contributed by atoms with Gasteiger partial charge in [-0.15, -0.1) is 0 Å². The number of nitrogens with zero attached hydrogens (tertiary/aromatic N) is 6. The molecule has 144 valence electrons. The second-order valence-corrected chi connectivity index (χ2v) is 6.21. The summed E-state index contributed by atoms with van der Waals surface area (Å²) in [4.78, 5) is 24.5. The molecule has 4 rings (SSSR count). The van der Waals surface area contributed by atoms with E-state index < -0.39 is 17.7 Å². The first-order chi connectivity index (χ1) is 13.6. The number of piperazine rings is 1. The minimum atomic E-state index is -0.806. The molecule has 1 aliphatic rings. The lowest BCUT2D eigenvalue weighted by Crippen LogP contribution is -2.50. The van der Waals surface area contributed by atoms with Crippen LogP contribution in [0.2, 0.25) is 0 Å². The van der Waals surface area contributed by atoms with E-state index in [0.717, 1.165) is 18.0 Å². The van der Waals surface area contributed by atoms with Crippen molar-refractivity contribution in [2.24, 2.45) is 0 Å². The maximum atomic E-state index is 13.7. The fourth-order valence-corrected chi connectivity index (χ4v) is 2.96. The van der Waals surface area contributed by atoms with Crippen LogP contribution < -0.4 is 10.2 Å². The Hall–Kier alpha value is -3.56. The molecule has 0 unspecified atom stereocenters. The molecule has 1 N–H and O–H groups in total. The van der Waals surface area contributed by atoms with Crippen molar-refractivity contribution in [1.29, 1.82) is 0 Å². The first kappa shape index (κ1) is 17.8. The lowest BCUT2D eigenvalue weighted by atomic mass is 10.3. The van der Waals surface area contributed by atoms with Gasteiger partial charge in [0.1, 0.15) is 23.8 Å². The Bertz CT molecular complexity index is 972. The maximum absolute atomic E-state index is 13.7. The number of anilines is 2. The van der Waals surface area contributed by atoms with Crippen LogP contribution in [0.4, 0.5) is 25.1 Å². The van der Waals surface area contributed by atoms with Crippen LogP contribution in [-0.2, 0) is 0 Å². The summed E-state index contributed by atoms with van der Waals surface area (Å²) >= 11 is 0. The molecule has 1 aromatic carbocycles. The molecule has 0 spiro atoms. The third kappa shape index (κ3) is 3.75. The molecule has 3 aromatic rings. The number of amides is 2. The molecule has 2 amide bonds. The van der Waals surface area contributed by atoms with E-state index >= 15 is 0 Å². The first-order valence-electron chi connectivity index (χ1n) is 8.68. The van der Waals surface area contributed by atoms with E-state index in [9.17, 15) is 13.6 Å². The van der Waals surface area contributed by atoms with E-state index in [2.05, 4.69) is 20.4 Å². The molecule has 2 aromatic heterocycles. The highest BCUT2D eigenvalue weighted by molar-refractivity contribution is 5.89. The average molecular weight is 385 g/mol. The van der Waals surface area contributed by atoms with E-state index in [1.54, 1.807) is 22.0 Å². The van der Waals surface area contributed by atoms with Gasteiger partial charge in [0.2, 0.25) is 0 Å². The SMILES string of the molecule is O=C(Nc1ccc(F)cc1F)N1CCN(c2cc(-n3cccn3)ncn2)CC1. The summed E-state index contributed by atoms with van der Waals surface area (Å²) in [5, 5.41) is 6.63. The summed E-state index contributed by atoms with van der Waals surface area (Å²) in [6.07, 6.45) is 4.94. The largest absolute Gasteiger partial charge is 0.353 e. The van der Waals surface area contributed by atoms with Crippen molar-refractivity contribution in [3.8, 4) is 5.82 Å². The summed E-state index contributed by atoms with van der Waals surface area (Å²) in [5.74, 6) is -0.102. The van der Waals surface area contributed by atoms with Gasteiger partial charge in [0.25, 0.3) is 0 Å². The summed E-state index contributed by atoms with van der Waals surface area (Å²) < 4.78 is 28.3. The second kappa shape index (κ2) is 7.59. The minimum absolute atomic E-state index is 0.0477. The van der Waals surface area contributed by atoms with Crippen molar-refractivity contribution >= 4 is 17.5 Å². The van der Waals surface area contributed by atoms with Crippen LogP contribution in [-0.4, -0.2) is 56.9 Å². The zero-order valence-electron chi connectivity index (χ0n) is 14.8. The van der Waals surface area contributed by atoms with E-state index in [1.807, 2.05) is 17.0 Å². The summed E-state index contributed by atoms with van der Waals surface area (Å²) in [5.41, 5.74) is -0.0477. The summed E-state index contributed by atoms with van der Waals surface area (Å²) in [6.45, 7) is 2.01. The van der Waals surface area contributed by atoms with Gasteiger partial charge in [-0.3, -0.25) is 0 Å². The zero-order valence-corrected chi connectivity index (χ0v) is 14.8. The number of hydrogen-bond donors (Lipinski definition) is 1. The van der Waals surface area contributed by atoms with Crippen LogP contribution in [0.25, 0.3) is 5.82 Å². The smallest absolute Gasteiger partial charge is 0.322 e. The Labute approximate surface area is 159 Å². The van der Waals surface area contributed by atoms with Crippen molar-refractivity contribution in [1.82, 2.24) is 24.6 Å². The average Bonchev–Trinajstić information content (AvgIpc) is 3.25. The number of rotatable bonds is 3. The number of benzene rings is 1. The van der Waals surface area contributed by atoms with E-state index in [-0.39, 0.29) is 5.69 Å². The quantitative estimate of drug-likeness (QED) is 0.748. The van der Waals surface area contributed by atoms with E-state index in [4.69, 9.17) is 0 Å². The maximum Gasteiger partial charge on any atom is 0.322 e. The van der Waals surface area contributed by atoms with Crippen molar-refractivity contribution in [3.63, 3.8) is 0 Å². The molecule has 0 radical (unpaired) electrons. The van der Waals surface area contributed by atoms with E-state index in [0.29, 0.717) is 32.0 Å². The summed E-state index contributed by atoms with van der Waals surface area (Å²) in [7, 11) is 0. The number of halogens is 2. The van der Waals surface area contributed by atoms with Gasteiger partial charge in [-0.05, 0) is 18.2 Å². The van der Waals surface area contributed by atoms with Gasteiger partial charge in [0, 0.05) is 50.7 Å². The third-order valence-corrected chi connectivity index (χ3v) is 4.44. The predicted molar refractivity (Wildman–Crippen MR) is 98.3 cm³/mol. The molecule has 8 nitrogen and oxygen atoms in total. The molecular formula is C18H17F2N7O. The summed E-state index contributed by atoms with van der Waals surface area (Å²) in [6, 6.07) is 6.25. The van der Waals surface area contributed by atoms with Crippen LogP contribution in [0.5, 0.6) is 0 Å². The van der Waals surface area contributed by atoms with Gasteiger partial charge in [0.15, 0.2) is 5.82 Å². The van der Waals surface area contributed by atoms with Gasteiger partial charge < -0.3 is 15.1 Å². The van der Waals surface area contributed by atoms with Crippen molar-refractivity contribution in [3.05, 3.63) is 60.7 Å². The van der Waals surface area contributed by atoms with Gasteiger partial charge >= 0.3 is 6.03 Å². The normalized spacial score (nSPS) is 14.2. The number of aromatic nitrogens is 4. The van der Waals surface area contributed by atoms with Gasteiger partial charge in [-0.2, -0.15) is 5.10 Å². The van der Waals surface area contributed by atoms with Gasteiger partial charge in [0.05, 0.1) is 5.69 Å². The third-order valence-electron chi connectivity index (χ3n) is 4.44. The Morgan fingerprint density at radius 2 is 1.82 bits per heavy atom. The minimum Gasteiger partial charge on any atom is -0.353 e. The fourth-order valence-electron chi connectivity index (χ4n) is 2.96. The Kier molecular flexibility index (Phi) is 4.83. The van der Waals surface area contributed by atoms with Gasteiger partial charge in [-0.1, -0.05) is 0 Å². The number of nitrogens with one attached hydrogen (secondary N) is 1. The van der Waals surface area contributed by atoms with Crippen LogP contribution in [0.15, 0.2) is 49.1 Å². The molecule has 1 saturated heterocycles. The predicted octanol–water partition coefficient (Wildman–Crippen LogP) is 2.29. The van der Waals surface area contributed by atoms with Gasteiger partial charge in [-0.25, -0.2) is 28.2 Å². The van der Waals surface area contributed by atoms with Crippen LogP contribution in [0.3, 0.4) is 0 Å². The zero-order chi connectivity index (χ0) is 19.5. The molecule has 10 heteroatoms. The number of hydrogen-bond acceptors (Lipinski definition) is 5.